The molecule has 4 N–H and O–H groups in total. The number of ether oxygens (including phenoxy) is 1. The maximum atomic E-state index is 12.1. The highest BCUT2D eigenvalue weighted by molar-refractivity contribution is 5.90. The van der Waals surface area contributed by atoms with Gasteiger partial charge >= 0.3 is 0 Å². The van der Waals surface area contributed by atoms with E-state index in [1.807, 2.05) is 35.5 Å². The average molecular weight is 477 g/mol. The van der Waals surface area contributed by atoms with Gasteiger partial charge in [-0.05, 0) is 43.5 Å². The van der Waals surface area contributed by atoms with E-state index >= 15 is 0 Å². The number of carbonyl (C=O) groups excluding carboxylic acids is 1. The van der Waals surface area contributed by atoms with Crippen LogP contribution in [0.2, 0.25) is 0 Å². The second kappa shape index (κ2) is 11.0. The smallest absolute Gasteiger partial charge is 0.244 e. The molecule has 0 saturated carbocycles. The fourth-order valence-corrected chi connectivity index (χ4v) is 5.29. The van der Waals surface area contributed by atoms with Crippen LogP contribution in [-0.2, 0) is 11.2 Å². The van der Waals surface area contributed by atoms with Crippen molar-refractivity contribution >= 4 is 22.5 Å². The van der Waals surface area contributed by atoms with Crippen LogP contribution in [-0.4, -0.2) is 54.7 Å². The number of nitrogens with one attached hydrogen (secondary N) is 2. The maximum absolute atomic E-state index is 12.1. The number of benzene rings is 1. The second-order valence-corrected chi connectivity index (χ2v) is 9.57. The van der Waals surface area contributed by atoms with Crippen LogP contribution in [0, 0.1) is 0 Å². The number of nitrogens with two attached hydrogens (primary N) is 1. The second-order valence-electron chi connectivity index (χ2n) is 9.57. The van der Waals surface area contributed by atoms with Crippen molar-refractivity contribution in [2.45, 2.75) is 51.0 Å². The third-order valence-electron chi connectivity index (χ3n) is 7.09. The van der Waals surface area contributed by atoms with Gasteiger partial charge in [0.2, 0.25) is 11.8 Å². The zero-order valence-corrected chi connectivity index (χ0v) is 20.3. The molecule has 1 aromatic heterocycles. The Hall–Kier alpha value is -3.26. The number of rotatable bonds is 1. The van der Waals surface area contributed by atoms with Gasteiger partial charge in [-0.25, -0.2) is 4.98 Å². The van der Waals surface area contributed by atoms with Crippen LogP contribution in [0.4, 0.5) is 5.69 Å². The fraction of sp³-hybridized carbons (Fsp3) is 0.481. The molecule has 0 radical (unpaired) electrons. The topological polar surface area (TPSA) is 95.8 Å². The van der Waals surface area contributed by atoms with E-state index in [-0.39, 0.29) is 0 Å². The third-order valence-corrected chi connectivity index (χ3v) is 7.09. The van der Waals surface area contributed by atoms with Gasteiger partial charge in [0.05, 0.1) is 18.7 Å². The highest BCUT2D eigenvalue weighted by atomic mass is 16.5. The van der Waals surface area contributed by atoms with E-state index in [0.717, 1.165) is 37.3 Å². The molecular weight excluding hydrogens is 440 g/mol. The summed E-state index contributed by atoms with van der Waals surface area (Å²) in [6, 6.07) is 7.74. The van der Waals surface area contributed by atoms with Gasteiger partial charge in [0.25, 0.3) is 0 Å². The molecule has 2 bridgehead atoms. The molecule has 186 valence electrons. The molecule has 2 aromatic rings. The fourth-order valence-electron chi connectivity index (χ4n) is 5.29. The van der Waals surface area contributed by atoms with Crippen LogP contribution in [0.1, 0.15) is 44.1 Å². The number of anilines is 1. The Kier molecular flexibility index (Phi) is 7.37. The van der Waals surface area contributed by atoms with Gasteiger partial charge in [0.1, 0.15) is 17.5 Å². The number of para-hydroxylation sites is 1. The Bertz CT molecular complexity index is 1110. The van der Waals surface area contributed by atoms with Crippen molar-refractivity contribution in [2.24, 2.45) is 5.73 Å². The van der Waals surface area contributed by atoms with Gasteiger partial charge in [0, 0.05) is 30.9 Å². The van der Waals surface area contributed by atoms with Crippen LogP contribution in [0.15, 0.2) is 48.5 Å². The number of fused-ring (bicyclic) bond motifs is 4. The minimum atomic E-state index is -0.547. The Labute approximate surface area is 207 Å². The molecule has 8 nitrogen and oxygen atoms in total. The molecule has 3 aliphatic rings. The molecule has 3 aliphatic heterocycles. The first-order chi connectivity index (χ1) is 17.2. The summed E-state index contributed by atoms with van der Waals surface area (Å²) >= 11 is 0. The van der Waals surface area contributed by atoms with Crippen molar-refractivity contribution in [1.82, 2.24) is 20.5 Å². The van der Waals surface area contributed by atoms with E-state index < -0.39 is 11.9 Å². The molecule has 0 aliphatic carbocycles. The van der Waals surface area contributed by atoms with E-state index in [1.165, 1.54) is 49.5 Å². The number of carbonyl (C=O) groups is 1. The lowest BCUT2D eigenvalue weighted by Gasteiger charge is -2.23. The molecule has 5 rings (SSSR count). The summed E-state index contributed by atoms with van der Waals surface area (Å²) in [5.74, 6) is 0.930. The van der Waals surface area contributed by atoms with Crippen LogP contribution in [0.3, 0.4) is 0 Å². The summed E-state index contributed by atoms with van der Waals surface area (Å²) in [4.78, 5) is 21.4. The van der Waals surface area contributed by atoms with Crippen molar-refractivity contribution in [3.8, 4) is 5.88 Å². The van der Waals surface area contributed by atoms with E-state index in [2.05, 4.69) is 27.7 Å². The van der Waals surface area contributed by atoms with Crippen LogP contribution < -0.4 is 26.0 Å². The molecule has 1 unspecified atom stereocenters. The molecule has 1 aromatic carbocycles. The predicted octanol–water partition coefficient (Wildman–Crippen LogP) is 2.99. The van der Waals surface area contributed by atoms with E-state index in [0.29, 0.717) is 24.9 Å². The van der Waals surface area contributed by atoms with Gasteiger partial charge < -0.3 is 30.9 Å². The Morgan fingerprint density at radius 3 is 2.80 bits per heavy atom. The summed E-state index contributed by atoms with van der Waals surface area (Å²) in [7, 11) is 0. The number of primary amides is 1. The molecule has 0 spiro atoms. The largest absolute Gasteiger partial charge is 0.440 e. The first-order valence-electron chi connectivity index (χ1n) is 12.9. The zero-order valence-electron chi connectivity index (χ0n) is 20.3. The van der Waals surface area contributed by atoms with Gasteiger partial charge in [-0.3, -0.25) is 4.79 Å². The number of pyridine rings is 1. The Balaban J connectivity index is 1.45. The lowest BCUT2D eigenvalue weighted by Crippen LogP contribution is -2.38. The minimum Gasteiger partial charge on any atom is -0.440 e. The molecular formula is C27H36N6O2. The lowest BCUT2D eigenvalue weighted by molar-refractivity contribution is -0.120. The SMILES string of the molecule is NC(=O)C1C=C2CN1C=CNCNCCCCCCCCN1CCc3c1c(nc1ccccc31)O2. The summed E-state index contributed by atoms with van der Waals surface area (Å²) in [6.45, 7) is 4.14. The summed E-state index contributed by atoms with van der Waals surface area (Å²) < 4.78 is 6.44. The van der Waals surface area contributed by atoms with Crippen molar-refractivity contribution in [3.63, 3.8) is 0 Å². The molecule has 35 heavy (non-hydrogen) atoms. The number of amides is 1. The third kappa shape index (κ3) is 5.37. The zero-order chi connectivity index (χ0) is 24.0. The molecule has 8 heteroatoms. The Morgan fingerprint density at radius 1 is 1.09 bits per heavy atom. The number of aromatic nitrogens is 1. The average Bonchev–Trinajstić information content (AvgIpc) is 3.46. The highest BCUT2D eigenvalue weighted by Crippen LogP contribution is 2.41. The van der Waals surface area contributed by atoms with Crippen molar-refractivity contribution in [1.29, 1.82) is 0 Å². The maximum Gasteiger partial charge on any atom is 0.244 e. The number of hydrogen-bond donors (Lipinski definition) is 3. The first-order valence-corrected chi connectivity index (χ1v) is 12.9. The van der Waals surface area contributed by atoms with Gasteiger partial charge in [-0.1, -0.05) is 43.9 Å². The Morgan fingerprint density at radius 2 is 1.91 bits per heavy atom. The van der Waals surface area contributed by atoms with Crippen LogP contribution in [0.5, 0.6) is 5.88 Å². The predicted molar refractivity (Wildman–Crippen MR) is 139 cm³/mol. The molecule has 0 saturated heterocycles. The quantitative estimate of drug-likeness (QED) is 0.582. The van der Waals surface area contributed by atoms with Gasteiger partial charge in [-0.2, -0.15) is 0 Å². The number of nitrogens with zero attached hydrogens (tertiary/aromatic N) is 3. The van der Waals surface area contributed by atoms with Crippen LogP contribution >= 0.6 is 0 Å². The van der Waals surface area contributed by atoms with Crippen molar-refractivity contribution in [3.05, 3.63) is 54.1 Å². The standard InChI is InChI=1S/C27H36N6O2/c28-26(34)24-17-20-18-33(24)16-13-30-19-29-12-7-3-1-2-4-8-14-32-15-11-22-21-9-5-6-10-23(21)31-27(35-20)25(22)32/h5-6,9-10,13,16-17,24,29-30H,1-4,7-8,11-12,14-15,18-19H2,(H2,28,34). The number of hydrogen-bond acceptors (Lipinski definition) is 7. The monoisotopic (exact) mass is 476 g/mol. The lowest BCUT2D eigenvalue weighted by atomic mass is 10.1. The minimum absolute atomic E-state index is 0.400. The van der Waals surface area contributed by atoms with Crippen LogP contribution in [0.25, 0.3) is 10.9 Å². The summed E-state index contributed by atoms with van der Waals surface area (Å²) in [6.07, 6.45) is 13.9. The molecule has 0 fully saturated rings. The van der Waals surface area contributed by atoms with Crippen molar-refractivity contribution in [2.75, 3.05) is 37.7 Å². The highest BCUT2D eigenvalue weighted by Gasteiger charge is 2.31. The summed E-state index contributed by atoms with van der Waals surface area (Å²) in [5, 5.41) is 7.84. The molecule has 4 heterocycles. The van der Waals surface area contributed by atoms with E-state index in [4.69, 9.17) is 15.5 Å². The molecule has 1 amide bonds. The van der Waals surface area contributed by atoms with E-state index in [9.17, 15) is 4.79 Å². The van der Waals surface area contributed by atoms with Gasteiger partial charge in [-0.15, -0.1) is 0 Å². The van der Waals surface area contributed by atoms with Gasteiger partial charge in [0.15, 0.2) is 0 Å². The summed E-state index contributed by atoms with van der Waals surface area (Å²) in [5.41, 5.74) is 9.07. The van der Waals surface area contributed by atoms with E-state index in [1.54, 1.807) is 0 Å². The molecule has 1 atom stereocenters. The van der Waals surface area contributed by atoms with Crippen molar-refractivity contribution < 1.29 is 9.53 Å². The normalized spacial score (nSPS) is 21.7. The first kappa shape index (κ1) is 23.5.